The summed E-state index contributed by atoms with van der Waals surface area (Å²) in [5.41, 5.74) is 0.789. The summed E-state index contributed by atoms with van der Waals surface area (Å²) in [6, 6.07) is 3.43. The number of aromatic nitrogens is 1. The number of hydrogen-bond donors (Lipinski definition) is 2. The Morgan fingerprint density at radius 2 is 2.00 bits per heavy atom. The molecule has 1 fully saturated rings. The van der Waals surface area contributed by atoms with Crippen LogP contribution in [0.4, 0.5) is 0 Å². The fourth-order valence-corrected chi connectivity index (χ4v) is 2.54. The minimum Gasteiger partial charge on any atom is -0.352 e. The van der Waals surface area contributed by atoms with E-state index in [9.17, 15) is 9.59 Å². The lowest BCUT2D eigenvalue weighted by Crippen LogP contribution is -2.36. The molecule has 1 aliphatic carbocycles. The molecular weight excluding hydrogens is 266 g/mol. The minimum absolute atomic E-state index is 0.161. The van der Waals surface area contributed by atoms with Gasteiger partial charge >= 0.3 is 0 Å². The second-order valence-electron chi connectivity index (χ2n) is 5.49. The lowest BCUT2D eigenvalue weighted by atomic mass is 9.95. The van der Waals surface area contributed by atoms with Gasteiger partial charge in [0.25, 0.3) is 11.8 Å². The van der Waals surface area contributed by atoms with E-state index >= 15 is 0 Å². The number of nitrogens with one attached hydrogen (secondary N) is 2. The number of rotatable bonds is 5. The molecule has 0 atom stereocenters. The van der Waals surface area contributed by atoms with Gasteiger partial charge in [0.05, 0.1) is 0 Å². The molecule has 2 amide bonds. The molecule has 2 N–H and O–H groups in total. The third-order valence-corrected chi connectivity index (χ3v) is 3.73. The van der Waals surface area contributed by atoms with Crippen molar-refractivity contribution in [2.75, 3.05) is 6.54 Å². The second-order valence-corrected chi connectivity index (χ2v) is 5.49. The smallest absolute Gasteiger partial charge is 0.270 e. The molecule has 1 aromatic rings. The van der Waals surface area contributed by atoms with E-state index in [-0.39, 0.29) is 17.9 Å². The summed E-state index contributed by atoms with van der Waals surface area (Å²) < 4.78 is 0. The minimum atomic E-state index is -0.188. The third kappa shape index (κ3) is 4.55. The van der Waals surface area contributed by atoms with E-state index in [0.717, 1.165) is 32.1 Å². The normalized spacial score (nSPS) is 15.5. The van der Waals surface area contributed by atoms with Crippen LogP contribution in [0, 0.1) is 0 Å². The molecule has 0 unspecified atom stereocenters. The number of pyridine rings is 1. The highest BCUT2D eigenvalue weighted by Crippen LogP contribution is 2.17. The van der Waals surface area contributed by atoms with Crippen LogP contribution in [0.25, 0.3) is 0 Å². The molecule has 0 bridgehead atoms. The van der Waals surface area contributed by atoms with E-state index < -0.39 is 0 Å². The van der Waals surface area contributed by atoms with E-state index in [1.54, 1.807) is 12.1 Å². The lowest BCUT2D eigenvalue weighted by molar-refractivity contribution is 0.0922. The molecule has 0 saturated heterocycles. The molecule has 1 saturated carbocycles. The average Bonchev–Trinajstić information content (AvgIpc) is 2.53. The molecule has 21 heavy (non-hydrogen) atoms. The van der Waals surface area contributed by atoms with Crippen molar-refractivity contribution in [3.05, 3.63) is 29.6 Å². The molecule has 0 spiro atoms. The first-order valence-electron chi connectivity index (χ1n) is 7.76. The van der Waals surface area contributed by atoms with Crippen LogP contribution in [0.2, 0.25) is 0 Å². The summed E-state index contributed by atoms with van der Waals surface area (Å²) in [4.78, 5) is 28.2. The zero-order chi connectivity index (χ0) is 15.1. The summed E-state index contributed by atoms with van der Waals surface area (Å²) in [6.45, 7) is 2.63. The van der Waals surface area contributed by atoms with Gasteiger partial charge < -0.3 is 10.6 Å². The van der Waals surface area contributed by atoms with Gasteiger partial charge in [-0.05, 0) is 31.4 Å². The van der Waals surface area contributed by atoms with Crippen molar-refractivity contribution in [3.8, 4) is 0 Å². The molecule has 0 aromatic carbocycles. The Balaban J connectivity index is 1.98. The van der Waals surface area contributed by atoms with Crippen molar-refractivity contribution in [1.29, 1.82) is 0 Å². The highest BCUT2D eigenvalue weighted by atomic mass is 16.2. The number of nitrogens with zero attached hydrogens (tertiary/aromatic N) is 1. The molecule has 0 radical (unpaired) electrons. The SMILES string of the molecule is CCCNC(=O)c1ccnc(C(=O)NC2CCCCC2)c1. The Morgan fingerprint density at radius 3 is 2.71 bits per heavy atom. The molecular formula is C16H23N3O2. The van der Waals surface area contributed by atoms with Crippen LogP contribution >= 0.6 is 0 Å². The highest BCUT2D eigenvalue weighted by molar-refractivity contribution is 5.98. The van der Waals surface area contributed by atoms with Crippen molar-refractivity contribution in [2.24, 2.45) is 0 Å². The fourth-order valence-electron chi connectivity index (χ4n) is 2.54. The first-order chi connectivity index (χ1) is 10.2. The predicted octanol–water partition coefficient (Wildman–Crippen LogP) is 2.28. The molecule has 5 heteroatoms. The van der Waals surface area contributed by atoms with Crippen molar-refractivity contribution < 1.29 is 9.59 Å². The van der Waals surface area contributed by atoms with Crippen molar-refractivity contribution in [1.82, 2.24) is 15.6 Å². The second kappa shape index (κ2) is 7.76. The topological polar surface area (TPSA) is 71.1 Å². The Hall–Kier alpha value is -1.91. The molecule has 0 aliphatic heterocycles. The van der Waals surface area contributed by atoms with E-state index in [2.05, 4.69) is 15.6 Å². The van der Waals surface area contributed by atoms with Gasteiger partial charge in [-0.1, -0.05) is 26.2 Å². The van der Waals surface area contributed by atoms with Crippen LogP contribution in [-0.4, -0.2) is 29.4 Å². The van der Waals surface area contributed by atoms with E-state index in [1.165, 1.54) is 12.6 Å². The monoisotopic (exact) mass is 289 g/mol. The zero-order valence-corrected chi connectivity index (χ0v) is 12.5. The molecule has 5 nitrogen and oxygen atoms in total. The maximum Gasteiger partial charge on any atom is 0.270 e. The first kappa shape index (κ1) is 15.5. The van der Waals surface area contributed by atoms with Gasteiger partial charge in [0.2, 0.25) is 0 Å². The van der Waals surface area contributed by atoms with Crippen LogP contribution < -0.4 is 10.6 Å². The summed E-state index contributed by atoms with van der Waals surface area (Å²) >= 11 is 0. The summed E-state index contributed by atoms with van der Waals surface area (Å²) in [5, 5.41) is 5.81. The molecule has 1 aromatic heterocycles. The van der Waals surface area contributed by atoms with Gasteiger partial charge in [-0.15, -0.1) is 0 Å². The number of amides is 2. The van der Waals surface area contributed by atoms with Gasteiger partial charge in [0.1, 0.15) is 5.69 Å². The average molecular weight is 289 g/mol. The first-order valence-corrected chi connectivity index (χ1v) is 7.76. The zero-order valence-electron chi connectivity index (χ0n) is 12.5. The van der Waals surface area contributed by atoms with Crippen molar-refractivity contribution >= 4 is 11.8 Å². The van der Waals surface area contributed by atoms with Crippen molar-refractivity contribution in [2.45, 2.75) is 51.5 Å². The molecule has 114 valence electrons. The van der Waals surface area contributed by atoms with Crippen LogP contribution in [0.5, 0.6) is 0 Å². The summed E-state index contributed by atoms with van der Waals surface area (Å²) in [5.74, 6) is -0.349. The molecule has 1 aliphatic rings. The number of hydrogen-bond acceptors (Lipinski definition) is 3. The van der Waals surface area contributed by atoms with Gasteiger partial charge in [0.15, 0.2) is 0 Å². The van der Waals surface area contributed by atoms with E-state index in [1.807, 2.05) is 6.92 Å². The summed E-state index contributed by atoms with van der Waals surface area (Å²) in [6.07, 6.45) is 8.03. The van der Waals surface area contributed by atoms with Gasteiger partial charge in [0, 0.05) is 24.3 Å². The van der Waals surface area contributed by atoms with Crippen LogP contribution in [0.15, 0.2) is 18.3 Å². The Kier molecular flexibility index (Phi) is 5.72. The maximum atomic E-state index is 12.2. The quantitative estimate of drug-likeness (QED) is 0.873. The van der Waals surface area contributed by atoms with Gasteiger partial charge in [-0.25, -0.2) is 0 Å². The third-order valence-electron chi connectivity index (χ3n) is 3.73. The molecule has 2 rings (SSSR count). The maximum absolute atomic E-state index is 12.2. The standard InChI is InChI=1S/C16H23N3O2/c1-2-9-18-15(20)12-8-10-17-14(11-12)16(21)19-13-6-4-3-5-7-13/h8,10-11,13H,2-7,9H2,1H3,(H,18,20)(H,19,21). The Morgan fingerprint density at radius 1 is 1.24 bits per heavy atom. The lowest BCUT2D eigenvalue weighted by Gasteiger charge is -2.22. The fraction of sp³-hybridized carbons (Fsp3) is 0.562. The van der Waals surface area contributed by atoms with Gasteiger partial charge in [-0.3, -0.25) is 14.6 Å². The molecule has 1 heterocycles. The Bertz CT molecular complexity index is 496. The summed E-state index contributed by atoms with van der Waals surface area (Å²) in [7, 11) is 0. The predicted molar refractivity (Wildman–Crippen MR) is 81.2 cm³/mol. The largest absolute Gasteiger partial charge is 0.352 e. The Labute approximate surface area is 125 Å². The van der Waals surface area contributed by atoms with E-state index in [0.29, 0.717) is 17.8 Å². The van der Waals surface area contributed by atoms with Crippen LogP contribution in [0.3, 0.4) is 0 Å². The van der Waals surface area contributed by atoms with Gasteiger partial charge in [-0.2, -0.15) is 0 Å². The van der Waals surface area contributed by atoms with Crippen LogP contribution in [0.1, 0.15) is 66.3 Å². The number of carbonyl (C=O) groups is 2. The van der Waals surface area contributed by atoms with E-state index in [4.69, 9.17) is 0 Å². The number of carbonyl (C=O) groups excluding carboxylic acids is 2. The van der Waals surface area contributed by atoms with Crippen molar-refractivity contribution in [3.63, 3.8) is 0 Å². The van der Waals surface area contributed by atoms with Crippen LogP contribution in [-0.2, 0) is 0 Å². The highest BCUT2D eigenvalue weighted by Gasteiger charge is 2.18.